The average molecular weight is 654 g/mol. The van der Waals surface area contributed by atoms with Gasteiger partial charge in [-0.2, -0.15) is 28.2 Å². The van der Waals surface area contributed by atoms with Crippen molar-refractivity contribution in [2.45, 2.75) is 49.4 Å². The molecule has 2 saturated heterocycles. The van der Waals surface area contributed by atoms with Crippen molar-refractivity contribution >= 4 is 29.5 Å². The van der Waals surface area contributed by atoms with Gasteiger partial charge in [-0.3, -0.25) is 4.79 Å². The lowest BCUT2D eigenvalue weighted by atomic mass is 9.76. The van der Waals surface area contributed by atoms with Gasteiger partial charge in [0.15, 0.2) is 0 Å². The Kier molecular flexibility index (Phi) is 8.59. The lowest BCUT2D eigenvalue weighted by Gasteiger charge is -2.39. The van der Waals surface area contributed by atoms with E-state index in [1.54, 1.807) is 43.1 Å². The first-order valence-electron chi connectivity index (χ1n) is 14.8. The lowest BCUT2D eigenvalue weighted by Crippen LogP contribution is -2.41. The van der Waals surface area contributed by atoms with Crippen LogP contribution in [0.2, 0.25) is 0 Å². The van der Waals surface area contributed by atoms with Gasteiger partial charge in [0.1, 0.15) is 11.9 Å². The van der Waals surface area contributed by atoms with Gasteiger partial charge >= 0.3 is 12.1 Å². The van der Waals surface area contributed by atoms with Gasteiger partial charge in [-0.15, -0.1) is 11.8 Å². The van der Waals surface area contributed by atoms with Gasteiger partial charge in [0.05, 0.1) is 11.4 Å². The molecule has 2 aliphatic heterocycles. The summed E-state index contributed by atoms with van der Waals surface area (Å²) >= 11 is 1.60. The van der Waals surface area contributed by atoms with E-state index in [2.05, 4.69) is 20.4 Å². The van der Waals surface area contributed by atoms with E-state index in [0.29, 0.717) is 50.4 Å². The topological polar surface area (TPSA) is 131 Å². The molecule has 1 unspecified atom stereocenters. The minimum atomic E-state index is -4.81. The van der Waals surface area contributed by atoms with Crippen molar-refractivity contribution in [3.05, 3.63) is 72.1 Å². The van der Waals surface area contributed by atoms with Crippen LogP contribution in [0.4, 0.5) is 24.9 Å². The number of carboxylic acids is 1. The maximum Gasteiger partial charge on any atom is 0.429 e. The highest BCUT2D eigenvalue weighted by Gasteiger charge is 2.46. The Morgan fingerprint density at radius 2 is 1.83 bits per heavy atom. The first-order valence-corrected chi connectivity index (χ1v) is 16.1. The van der Waals surface area contributed by atoms with Gasteiger partial charge in [0.2, 0.25) is 17.9 Å². The molecule has 10 nitrogen and oxygen atoms in total. The molecule has 4 N–H and O–H groups in total. The maximum atomic E-state index is 14.8. The number of nitrogens with zero attached hydrogens (tertiary/aromatic N) is 5. The second-order valence-electron chi connectivity index (χ2n) is 11.8. The number of aryl methyl sites for hydroxylation is 1. The van der Waals surface area contributed by atoms with E-state index in [1.165, 1.54) is 16.8 Å². The Morgan fingerprint density at radius 3 is 2.43 bits per heavy atom. The van der Waals surface area contributed by atoms with E-state index in [0.717, 1.165) is 16.0 Å². The number of anilines is 2. The highest BCUT2D eigenvalue weighted by Crippen LogP contribution is 2.43. The minimum Gasteiger partial charge on any atom is -0.480 e. The first-order chi connectivity index (χ1) is 21.9. The van der Waals surface area contributed by atoms with E-state index in [1.807, 2.05) is 35.4 Å². The summed E-state index contributed by atoms with van der Waals surface area (Å²) < 4.78 is 51.5. The standard InChI is InChI=1S/C32H34F3N7O3S/c1-19-9-12-42(40-19)25-15-21(20-3-6-22(46-2)7-4-20)5-8-23(25)28(32(33,34)35)45-27-16-26(38-30(36)39-27)41-13-10-31(11-14-41)17-24(29(43)44)37-18-31/h3-9,12,15-16,24,28,37H,10-11,13-14,17-18H2,1-2H3,(H,43,44)(H2,36,38,39)/t24?,28-/m1/s1. The predicted octanol–water partition coefficient (Wildman–Crippen LogP) is 5.66. The molecule has 0 amide bonds. The van der Waals surface area contributed by atoms with Gasteiger partial charge in [-0.25, -0.2) is 4.68 Å². The molecule has 46 heavy (non-hydrogen) atoms. The molecule has 2 aromatic heterocycles. The van der Waals surface area contributed by atoms with E-state index in [9.17, 15) is 23.1 Å². The number of thioether (sulfide) groups is 1. The summed E-state index contributed by atoms with van der Waals surface area (Å²) in [5.74, 6) is -1.03. The number of halogens is 3. The van der Waals surface area contributed by atoms with Crippen LogP contribution in [0.25, 0.3) is 16.8 Å². The quantitative estimate of drug-likeness (QED) is 0.205. The number of nitrogens with two attached hydrogens (primary N) is 1. The molecule has 2 fully saturated rings. The number of nitrogen functional groups attached to an aromatic ring is 1. The Bertz CT molecular complexity index is 1720. The number of benzene rings is 2. The number of ether oxygens (including phenoxy) is 1. The summed E-state index contributed by atoms with van der Waals surface area (Å²) in [7, 11) is 0. The van der Waals surface area contributed by atoms with Crippen LogP contribution < -0.4 is 20.7 Å². The van der Waals surface area contributed by atoms with Crippen molar-refractivity contribution in [2.24, 2.45) is 5.41 Å². The number of aliphatic carboxylic acids is 1. The number of alkyl halides is 3. The Balaban J connectivity index is 1.30. The molecule has 2 atom stereocenters. The molecule has 0 bridgehead atoms. The smallest absolute Gasteiger partial charge is 0.429 e. The first kappa shape index (κ1) is 31.7. The third kappa shape index (κ3) is 6.63. The average Bonchev–Trinajstić information content (AvgIpc) is 3.66. The van der Waals surface area contributed by atoms with E-state index in [4.69, 9.17) is 10.5 Å². The fourth-order valence-corrected chi connectivity index (χ4v) is 6.65. The number of aromatic nitrogens is 4. The molecule has 2 aromatic carbocycles. The molecule has 2 aliphatic rings. The molecule has 0 saturated carbocycles. The van der Waals surface area contributed by atoms with Crippen LogP contribution in [-0.2, 0) is 4.79 Å². The van der Waals surface area contributed by atoms with Crippen LogP contribution in [-0.4, -0.2) is 68.9 Å². The fourth-order valence-electron chi connectivity index (χ4n) is 6.24. The molecule has 6 rings (SSSR count). The van der Waals surface area contributed by atoms with Crippen LogP contribution >= 0.6 is 11.8 Å². The van der Waals surface area contributed by atoms with Crippen LogP contribution in [0.3, 0.4) is 0 Å². The number of carboxylic acid groups (broad SMARTS) is 1. The molecular weight excluding hydrogens is 619 g/mol. The third-order valence-electron chi connectivity index (χ3n) is 8.75. The van der Waals surface area contributed by atoms with Crippen molar-refractivity contribution in [1.29, 1.82) is 0 Å². The van der Waals surface area contributed by atoms with Gasteiger partial charge in [0.25, 0.3) is 0 Å². The predicted molar refractivity (Wildman–Crippen MR) is 169 cm³/mol. The number of hydrogen-bond donors (Lipinski definition) is 3. The van der Waals surface area contributed by atoms with E-state index in [-0.39, 0.29) is 28.5 Å². The van der Waals surface area contributed by atoms with Crippen molar-refractivity contribution in [3.63, 3.8) is 0 Å². The zero-order valence-corrected chi connectivity index (χ0v) is 26.1. The molecule has 242 valence electrons. The second kappa shape index (κ2) is 12.5. The van der Waals surface area contributed by atoms with Gasteiger partial charge < -0.3 is 25.8 Å². The molecule has 0 aliphatic carbocycles. The van der Waals surface area contributed by atoms with E-state index < -0.39 is 24.3 Å². The van der Waals surface area contributed by atoms with Crippen LogP contribution in [0.5, 0.6) is 5.88 Å². The largest absolute Gasteiger partial charge is 0.480 e. The summed E-state index contributed by atoms with van der Waals surface area (Å²) in [5.41, 5.74) is 8.14. The SMILES string of the molecule is CSc1ccc(-c2ccc([C@@H](Oc3cc(N4CCC5(CC4)CNC(C(=O)O)C5)nc(N)n3)C(F)(F)F)c(-n3ccc(C)n3)c2)cc1. The number of carbonyl (C=O) groups is 1. The highest BCUT2D eigenvalue weighted by atomic mass is 32.2. The zero-order chi connectivity index (χ0) is 32.6. The number of nitrogens with one attached hydrogen (secondary N) is 1. The van der Waals surface area contributed by atoms with Gasteiger partial charge in [0, 0.05) is 42.4 Å². The van der Waals surface area contributed by atoms with Gasteiger partial charge in [-0.1, -0.05) is 24.3 Å². The van der Waals surface area contributed by atoms with Crippen LogP contribution in [0.1, 0.15) is 36.6 Å². The number of hydrogen-bond acceptors (Lipinski definition) is 9. The Labute approximate surface area is 268 Å². The zero-order valence-electron chi connectivity index (χ0n) is 25.3. The van der Waals surface area contributed by atoms with E-state index >= 15 is 0 Å². The molecule has 1 spiro atoms. The summed E-state index contributed by atoms with van der Waals surface area (Å²) in [6, 6.07) is 15.0. The van der Waals surface area contributed by atoms with Crippen LogP contribution in [0, 0.1) is 12.3 Å². The summed E-state index contributed by atoms with van der Waals surface area (Å²) in [6.07, 6.45) is -1.67. The fraction of sp³-hybridized carbons (Fsp3) is 0.375. The van der Waals surface area contributed by atoms with Crippen LogP contribution in [0.15, 0.2) is 65.7 Å². The van der Waals surface area contributed by atoms with Crippen molar-refractivity contribution in [3.8, 4) is 22.7 Å². The van der Waals surface area contributed by atoms with Crippen molar-refractivity contribution in [2.75, 3.05) is 36.5 Å². The maximum absolute atomic E-state index is 14.8. The molecular formula is C32H34F3N7O3S. The lowest BCUT2D eigenvalue weighted by molar-refractivity contribution is -0.198. The van der Waals surface area contributed by atoms with Crippen molar-refractivity contribution in [1.82, 2.24) is 25.1 Å². The summed E-state index contributed by atoms with van der Waals surface area (Å²) in [4.78, 5) is 22.7. The third-order valence-corrected chi connectivity index (χ3v) is 9.50. The molecule has 0 radical (unpaired) electrons. The highest BCUT2D eigenvalue weighted by molar-refractivity contribution is 7.98. The number of rotatable bonds is 8. The minimum absolute atomic E-state index is 0.138. The second-order valence-corrected chi connectivity index (χ2v) is 12.7. The summed E-state index contributed by atoms with van der Waals surface area (Å²) in [6.45, 7) is 3.44. The normalized spacial score (nSPS) is 18.5. The molecule has 4 heterocycles. The molecule has 14 heteroatoms. The van der Waals surface area contributed by atoms with Crippen molar-refractivity contribution < 1.29 is 27.8 Å². The monoisotopic (exact) mass is 653 g/mol. The Morgan fingerprint density at radius 1 is 1.11 bits per heavy atom. The molecule has 4 aromatic rings. The van der Waals surface area contributed by atoms with Gasteiger partial charge in [-0.05, 0) is 73.2 Å². The Hall–Kier alpha value is -4.30. The summed E-state index contributed by atoms with van der Waals surface area (Å²) in [5, 5.41) is 16.9. The number of piperidine rings is 1.